The van der Waals surface area contributed by atoms with Gasteiger partial charge in [-0.1, -0.05) is 12.8 Å². The van der Waals surface area contributed by atoms with Crippen LogP contribution in [0.4, 0.5) is 0 Å². The van der Waals surface area contributed by atoms with Crippen molar-refractivity contribution in [2.75, 3.05) is 0 Å². The van der Waals surface area contributed by atoms with Crippen LogP contribution in [0.1, 0.15) is 56.8 Å². The highest BCUT2D eigenvalue weighted by molar-refractivity contribution is 5.94. The second kappa shape index (κ2) is 10.2. The summed E-state index contributed by atoms with van der Waals surface area (Å²) in [5, 5.41) is 0. The summed E-state index contributed by atoms with van der Waals surface area (Å²) in [5.41, 5.74) is 0.554. The van der Waals surface area contributed by atoms with Gasteiger partial charge in [0.25, 0.3) is 0 Å². The van der Waals surface area contributed by atoms with Crippen LogP contribution in [-0.4, -0.2) is 23.8 Å². The van der Waals surface area contributed by atoms with Crippen LogP contribution in [0.25, 0.3) is 0 Å². The van der Waals surface area contributed by atoms with E-state index >= 15 is 0 Å². The molecule has 0 aliphatic heterocycles. The highest BCUT2D eigenvalue weighted by Crippen LogP contribution is 2.14. The van der Waals surface area contributed by atoms with Crippen molar-refractivity contribution in [1.82, 2.24) is 0 Å². The molecule has 0 spiro atoms. The van der Waals surface area contributed by atoms with Gasteiger partial charge in [-0.25, -0.2) is 0 Å². The maximum absolute atomic E-state index is 11.7. The fourth-order valence-electron chi connectivity index (χ4n) is 1.91. The van der Waals surface area contributed by atoms with E-state index in [4.69, 9.17) is 9.47 Å². The van der Waals surface area contributed by atoms with Gasteiger partial charge in [-0.3, -0.25) is 14.4 Å². The highest BCUT2D eigenvalue weighted by atomic mass is 16.5. The maximum atomic E-state index is 11.7. The minimum absolute atomic E-state index is 0.0514. The van der Waals surface area contributed by atoms with Crippen LogP contribution in [0.2, 0.25) is 0 Å². The van der Waals surface area contributed by atoms with Crippen LogP contribution >= 0.6 is 0 Å². The molecule has 1 rings (SSSR count). The van der Waals surface area contributed by atoms with Crippen molar-refractivity contribution in [3.05, 3.63) is 29.8 Å². The summed E-state index contributed by atoms with van der Waals surface area (Å²) in [6.07, 6.45) is 0.832. The molecule has 0 aromatic heterocycles. The van der Waals surface area contributed by atoms with E-state index in [0.29, 0.717) is 24.2 Å². The number of rotatable bonds is 8. The Hall–Kier alpha value is -2.61. The van der Waals surface area contributed by atoms with Crippen molar-refractivity contribution < 1.29 is 23.9 Å². The largest absolute Gasteiger partial charge is 0.449 e. The Bertz CT molecular complexity index is 634. The maximum Gasteiger partial charge on any atom is 0.311 e. The molecule has 5 nitrogen and oxygen atoms in total. The Morgan fingerprint density at radius 3 is 2.25 bits per heavy atom. The number of Topliss-reactive ketones (excluding diaryl/α,β-unsaturated/α-hetero) is 1. The summed E-state index contributed by atoms with van der Waals surface area (Å²) < 4.78 is 10.3. The normalized spacial score (nSPS) is 11.0. The monoisotopic (exact) mass is 330 g/mol. The van der Waals surface area contributed by atoms with Crippen molar-refractivity contribution >= 4 is 17.7 Å². The van der Waals surface area contributed by atoms with E-state index in [1.54, 1.807) is 31.2 Å². The third-order valence-electron chi connectivity index (χ3n) is 3.20. The standard InChI is InChI=1S/C19H22O5/c1-4-7-16(5-2)23-18(21)8-6-9-19(22)24-17-12-10-15(11-13-17)14(3)20/h10-13,16H,5-6,8-9H2,1-3H3. The van der Waals surface area contributed by atoms with Gasteiger partial charge in [-0.15, -0.1) is 5.92 Å². The molecule has 128 valence electrons. The molecule has 0 radical (unpaired) electrons. The second-order valence-corrected chi connectivity index (χ2v) is 5.19. The summed E-state index contributed by atoms with van der Waals surface area (Å²) in [6, 6.07) is 6.33. The average Bonchev–Trinajstić information content (AvgIpc) is 2.54. The highest BCUT2D eigenvalue weighted by Gasteiger charge is 2.12. The van der Waals surface area contributed by atoms with E-state index in [1.165, 1.54) is 6.92 Å². The van der Waals surface area contributed by atoms with Crippen molar-refractivity contribution in [2.24, 2.45) is 0 Å². The first-order valence-electron chi connectivity index (χ1n) is 7.89. The molecule has 0 aliphatic carbocycles. The SMILES string of the molecule is CC#CC(CC)OC(=O)CCCC(=O)Oc1ccc(C(C)=O)cc1. The quantitative estimate of drug-likeness (QED) is 0.316. The number of esters is 2. The molecule has 0 heterocycles. The fraction of sp³-hybridized carbons (Fsp3) is 0.421. The lowest BCUT2D eigenvalue weighted by Gasteiger charge is -2.10. The van der Waals surface area contributed by atoms with Crippen LogP contribution < -0.4 is 4.74 Å². The molecule has 0 amide bonds. The lowest BCUT2D eigenvalue weighted by Crippen LogP contribution is -2.16. The van der Waals surface area contributed by atoms with Crippen molar-refractivity contribution in [2.45, 2.75) is 52.6 Å². The molecule has 1 aromatic carbocycles. The zero-order valence-electron chi connectivity index (χ0n) is 14.3. The van der Waals surface area contributed by atoms with Crippen LogP contribution in [0.3, 0.4) is 0 Å². The topological polar surface area (TPSA) is 69.7 Å². The third-order valence-corrected chi connectivity index (χ3v) is 3.20. The van der Waals surface area contributed by atoms with Gasteiger partial charge in [0.15, 0.2) is 11.9 Å². The van der Waals surface area contributed by atoms with Crippen LogP contribution in [-0.2, 0) is 14.3 Å². The van der Waals surface area contributed by atoms with Gasteiger partial charge in [0.1, 0.15) is 5.75 Å². The molecule has 1 unspecified atom stereocenters. The lowest BCUT2D eigenvalue weighted by molar-refractivity contribution is -0.146. The van der Waals surface area contributed by atoms with E-state index in [0.717, 1.165) is 0 Å². The van der Waals surface area contributed by atoms with Gasteiger partial charge < -0.3 is 9.47 Å². The lowest BCUT2D eigenvalue weighted by atomic mass is 10.1. The molecule has 0 aliphatic rings. The molecule has 5 heteroatoms. The molecule has 0 bridgehead atoms. The molecule has 1 atom stereocenters. The Labute approximate surface area is 142 Å². The van der Waals surface area contributed by atoms with Crippen molar-refractivity contribution in [3.63, 3.8) is 0 Å². The van der Waals surface area contributed by atoms with E-state index in [2.05, 4.69) is 11.8 Å². The van der Waals surface area contributed by atoms with Crippen LogP contribution in [0.15, 0.2) is 24.3 Å². The number of hydrogen-bond donors (Lipinski definition) is 0. The zero-order valence-corrected chi connectivity index (χ0v) is 14.3. The smallest absolute Gasteiger partial charge is 0.311 e. The minimum Gasteiger partial charge on any atom is -0.449 e. The van der Waals surface area contributed by atoms with Gasteiger partial charge in [0, 0.05) is 18.4 Å². The molecule has 0 N–H and O–H groups in total. The minimum atomic E-state index is -0.432. The Kier molecular flexibility index (Phi) is 8.28. The first kappa shape index (κ1) is 19.4. The molecule has 24 heavy (non-hydrogen) atoms. The first-order chi connectivity index (χ1) is 11.5. The zero-order chi connectivity index (χ0) is 17.9. The number of benzene rings is 1. The summed E-state index contributed by atoms with van der Waals surface area (Å²) in [7, 11) is 0. The second-order valence-electron chi connectivity index (χ2n) is 5.19. The third kappa shape index (κ3) is 7.10. The number of ether oxygens (including phenoxy) is 2. The van der Waals surface area contributed by atoms with Crippen molar-refractivity contribution in [1.29, 1.82) is 0 Å². The number of hydrogen-bond acceptors (Lipinski definition) is 5. The summed E-state index contributed by atoms with van der Waals surface area (Å²) >= 11 is 0. The van der Waals surface area contributed by atoms with E-state index in [1.807, 2.05) is 6.92 Å². The average molecular weight is 330 g/mol. The summed E-state index contributed by atoms with van der Waals surface area (Å²) in [4.78, 5) is 34.5. The van der Waals surface area contributed by atoms with Gasteiger partial charge in [-0.05, 0) is 51.0 Å². The predicted molar refractivity (Wildman–Crippen MR) is 89.6 cm³/mol. The first-order valence-corrected chi connectivity index (χ1v) is 7.89. The molecule has 1 aromatic rings. The van der Waals surface area contributed by atoms with Gasteiger partial charge in [-0.2, -0.15) is 0 Å². The Morgan fingerprint density at radius 2 is 1.71 bits per heavy atom. The summed E-state index contributed by atoms with van der Waals surface area (Å²) in [5.74, 6) is 5.03. The van der Waals surface area contributed by atoms with Gasteiger partial charge in [0.05, 0.1) is 0 Å². The number of carbonyl (C=O) groups excluding carboxylic acids is 3. The molecule has 0 fully saturated rings. The number of carbonyl (C=O) groups is 3. The van der Waals surface area contributed by atoms with Crippen LogP contribution in [0.5, 0.6) is 5.75 Å². The molecular formula is C19H22O5. The molecule has 0 saturated carbocycles. The van der Waals surface area contributed by atoms with Gasteiger partial charge >= 0.3 is 11.9 Å². The van der Waals surface area contributed by atoms with E-state index < -0.39 is 12.1 Å². The Balaban J connectivity index is 2.34. The predicted octanol–water partition coefficient (Wildman–Crippen LogP) is 3.31. The van der Waals surface area contributed by atoms with E-state index in [-0.39, 0.29) is 24.6 Å². The molecule has 0 saturated heterocycles. The van der Waals surface area contributed by atoms with E-state index in [9.17, 15) is 14.4 Å². The van der Waals surface area contributed by atoms with Crippen molar-refractivity contribution in [3.8, 4) is 17.6 Å². The van der Waals surface area contributed by atoms with Gasteiger partial charge in [0.2, 0.25) is 0 Å². The number of ketones is 1. The summed E-state index contributed by atoms with van der Waals surface area (Å²) in [6.45, 7) is 5.04. The fourth-order valence-corrected chi connectivity index (χ4v) is 1.91. The Morgan fingerprint density at radius 1 is 1.08 bits per heavy atom. The van der Waals surface area contributed by atoms with Crippen LogP contribution in [0, 0.1) is 11.8 Å². The molecular weight excluding hydrogens is 308 g/mol.